The third-order valence-electron chi connectivity index (χ3n) is 4.99. The highest BCUT2D eigenvalue weighted by Crippen LogP contribution is 2.22. The second-order valence-electron chi connectivity index (χ2n) is 6.97. The average Bonchev–Trinajstić information content (AvgIpc) is 2.67. The van der Waals surface area contributed by atoms with Crippen LogP contribution in [0.5, 0.6) is 0 Å². The lowest BCUT2D eigenvalue weighted by Gasteiger charge is -2.31. The molecule has 1 aliphatic heterocycles. The predicted molar refractivity (Wildman–Crippen MR) is 101 cm³/mol. The van der Waals surface area contributed by atoms with Crippen molar-refractivity contribution in [1.29, 1.82) is 0 Å². The number of benzene rings is 2. The molecular formula is C22H25NO3. The standard InChI is InChI=1S/C22H25NO3/c1-16-7-9-18(10-8-16)15-26-22(25)19-11-13-23(14-12-19)21(24)20-6-4-3-5-17(20)2/h3-10,19H,11-15H2,1-2H3. The van der Waals surface area contributed by atoms with E-state index in [1.807, 2.05) is 67.3 Å². The zero-order valence-electron chi connectivity index (χ0n) is 15.4. The van der Waals surface area contributed by atoms with Crippen molar-refractivity contribution in [1.82, 2.24) is 4.90 Å². The van der Waals surface area contributed by atoms with E-state index in [2.05, 4.69) is 0 Å². The fourth-order valence-corrected chi connectivity index (χ4v) is 3.26. The molecule has 4 heteroatoms. The van der Waals surface area contributed by atoms with Gasteiger partial charge in [-0.05, 0) is 43.9 Å². The molecule has 0 saturated carbocycles. The molecule has 1 aliphatic rings. The molecule has 3 rings (SSSR count). The quantitative estimate of drug-likeness (QED) is 0.785. The third-order valence-corrected chi connectivity index (χ3v) is 4.99. The summed E-state index contributed by atoms with van der Waals surface area (Å²) in [6.07, 6.45) is 1.31. The minimum atomic E-state index is -0.159. The van der Waals surface area contributed by atoms with E-state index in [1.165, 1.54) is 5.56 Å². The largest absolute Gasteiger partial charge is 0.461 e. The Hall–Kier alpha value is -2.62. The zero-order chi connectivity index (χ0) is 18.5. The first-order valence-electron chi connectivity index (χ1n) is 9.11. The summed E-state index contributed by atoms with van der Waals surface area (Å²) in [4.78, 5) is 26.8. The lowest BCUT2D eigenvalue weighted by molar-refractivity contribution is -0.151. The number of carbonyl (C=O) groups excluding carboxylic acids is 2. The van der Waals surface area contributed by atoms with E-state index in [4.69, 9.17) is 4.74 Å². The number of ether oxygens (including phenoxy) is 1. The first-order chi connectivity index (χ1) is 12.5. The highest BCUT2D eigenvalue weighted by molar-refractivity contribution is 5.95. The summed E-state index contributed by atoms with van der Waals surface area (Å²) in [7, 11) is 0. The smallest absolute Gasteiger partial charge is 0.309 e. The second kappa shape index (κ2) is 8.17. The van der Waals surface area contributed by atoms with Crippen LogP contribution in [0.3, 0.4) is 0 Å². The van der Waals surface area contributed by atoms with Gasteiger partial charge in [-0.2, -0.15) is 0 Å². The molecule has 1 fully saturated rings. The Balaban J connectivity index is 1.50. The molecule has 4 nitrogen and oxygen atoms in total. The van der Waals surface area contributed by atoms with Crippen molar-refractivity contribution >= 4 is 11.9 Å². The molecule has 0 radical (unpaired) electrons. The van der Waals surface area contributed by atoms with Crippen LogP contribution in [-0.2, 0) is 16.1 Å². The lowest BCUT2D eigenvalue weighted by Crippen LogP contribution is -2.40. The Morgan fingerprint density at radius 1 is 1.00 bits per heavy atom. The normalized spacial score (nSPS) is 14.9. The molecule has 0 N–H and O–H groups in total. The van der Waals surface area contributed by atoms with Gasteiger partial charge in [0.25, 0.3) is 5.91 Å². The van der Waals surface area contributed by atoms with Crippen molar-refractivity contribution in [3.8, 4) is 0 Å². The zero-order valence-corrected chi connectivity index (χ0v) is 15.4. The van der Waals surface area contributed by atoms with Crippen LogP contribution in [-0.4, -0.2) is 29.9 Å². The van der Waals surface area contributed by atoms with Crippen LogP contribution in [0.25, 0.3) is 0 Å². The molecule has 0 spiro atoms. The summed E-state index contributed by atoms with van der Waals surface area (Å²) in [5.74, 6) is -0.232. The maximum Gasteiger partial charge on any atom is 0.309 e. The fraction of sp³-hybridized carbons (Fsp3) is 0.364. The van der Waals surface area contributed by atoms with Gasteiger partial charge in [0.15, 0.2) is 0 Å². The van der Waals surface area contributed by atoms with E-state index in [1.54, 1.807) is 0 Å². The fourth-order valence-electron chi connectivity index (χ4n) is 3.26. The number of amides is 1. The van der Waals surface area contributed by atoms with Crippen LogP contribution in [0.4, 0.5) is 0 Å². The van der Waals surface area contributed by atoms with E-state index in [-0.39, 0.29) is 17.8 Å². The molecule has 0 aliphatic carbocycles. The summed E-state index contributed by atoms with van der Waals surface area (Å²) in [6, 6.07) is 15.6. The minimum absolute atomic E-state index is 0.0505. The topological polar surface area (TPSA) is 46.6 Å². The van der Waals surface area contributed by atoms with E-state index >= 15 is 0 Å². The van der Waals surface area contributed by atoms with Crippen molar-refractivity contribution in [3.63, 3.8) is 0 Å². The van der Waals surface area contributed by atoms with Crippen LogP contribution in [0, 0.1) is 19.8 Å². The van der Waals surface area contributed by atoms with Crippen LogP contribution >= 0.6 is 0 Å². The van der Waals surface area contributed by atoms with Gasteiger partial charge in [-0.1, -0.05) is 48.0 Å². The molecule has 1 saturated heterocycles. The Bertz CT molecular complexity index is 774. The Morgan fingerprint density at radius 3 is 2.31 bits per heavy atom. The number of nitrogens with zero attached hydrogens (tertiary/aromatic N) is 1. The van der Waals surface area contributed by atoms with Crippen molar-refractivity contribution in [2.45, 2.75) is 33.3 Å². The maximum atomic E-state index is 12.6. The molecule has 0 unspecified atom stereocenters. The summed E-state index contributed by atoms with van der Waals surface area (Å²) >= 11 is 0. The molecule has 136 valence electrons. The monoisotopic (exact) mass is 351 g/mol. The summed E-state index contributed by atoms with van der Waals surface area (Å²) < 4.78 is 5.46. The highest BCUT2D eigenvalue weighted by Gasteiger charge is 2.29. The van der Waals surface area contributed by atoms with Crippen molar-refractivity contribution in [3.05, 3.63) is 70.8 Å². The first-order valence-corrected chi connectivity index (χ1v) is 9.11. The number of carbonyl (C=O) groups is 2. The van der Waals surface area contributed by atoms with Gasteiger partial charge in [-0.15, -0.1) is 0 Å². The number of aryl methyl sites for hydroxylation is 2. The van der Waals surface area contributed by atoms with Crippen LogP contribution in [0.15, 0.2) is 48.5 Å². The summed E-state index contributed by atoms with van der Waals surface area (Å²) in [6.45, 7) is 5.47. The molecule has 0 bridgehead atoms. The maximum absolute atomic E-state index is 12.6. The van der Waals surface area contributed by atoms with Gasteiger partial charge in [0, 0.05) is 18.7 Å². The van der Waals surface area contributed by atoms with Crippen LogP contribution in [0.1, 0.15) is 39.9 Å². The molecule has 2 aromatic rings. The second-order valence-corrected chi connectivity index (χ2v) is 6.97. The van der Waals surface area contributed by atoms with Gasteiger partial charge >= 0.3 is 5.97 Å². The number of esters is 1. The van der Waals surface area contributed by atoms with E-state index < -0.39 is 0 Å². The van der Waals surface area contributed by atoms with Crippen LogP contribution in [0.2, 0.25) is 0 Å². The highest BCUT2D eigenvalue weighted by atomic mass is 16.5. The van der Waals surface area contributed by atoms with Crippen LogP contribution < -0.4 is 0 Å². The SMILES string of the molecule is Cc1ccc(COC(=O)C2CCN(C(=O)c3ccccc3C)CC2)cc1. The predicted octanol–water partition coefficient (Wildman–Crippen LogP) is 3.90. The summed E-state index contributed by atoms with van der Waals surface area (Å²) in [5.41, 5.74) is 3.91. The van der Waals surface area contributed by atoms with Gasteiger partial charge < -0.3 is 9.64 Å². The number of piperidine rings is 1. The van der Waals surface area contributed by atoms with E-state index in [0.717, 1.165) is 16.7 Å². The molecule has 1 amide bonds. The number of hydrogen-bond donors (Lipinski definition) is 0. The average molecular weight is 351 g/mol. The number of likely N-dealkylation sites (tertiary alicyclic amines) is 1. The molecule has 1 heterocycles. The Labute approximate surface area is 154 Å². The Kier molecular flexibility index (Phi) is 5.71. The van der Waals surface area contributed by atoms with Gasteiger partial charge in [-0.3, -0.25) is 9.59 Å². The van der Waals surface area contributed by atoms with Gasteiger partial charge in [0.1, 0.15) is 6.61 Å². The van der Waals surface area contributed by atoms with E-state index in [0.29, 0.717) is 32.5 Å². The molecule has 26 heavy (non-hydrogen) atoms. The van der Waals surface area contributed by atoms with Gasteiger partial charge in [-0.25, -0.2) is 0 Å². The first kappa shape index (κ1) is 18.2. The minimum Gasteiger partial charge on any atom is -0.461 e. The van der Waals surface area contributed by atoms with Gasteiger partial charge in [0.05, 0.1) is 5.92 Å². The molecule has 2 aromatic carbocycles. The van der Waals surface area contributed by atoms with Gasteiger partial charge in [0.2, 0.25) is 0 Å². The Morgan fingerprint density at radius 2 is 1.65 bits per heavy atom. The lowest BCUT2D eigenvalue weighted by atomic mass is 9.96. The van der Waals surface area contributed by atoms with Crippen molar-refractivity contribution in [2.75, 3.05) is 13.1 Å². The molecular weight excluding hydrogens is 326 g/mol. The number of hydrogen-bond acceptors (Lipinski definition) is 3. The van der Waals surface area contributed by atoms with Crippen molar-refractivity contribution in [2.24, 2.45) is 5.92 Å². The molecule has 0 atom stereocenters. The van der Waals surface area contributed by atoms with E-state index in [9.17, 15) is 9.59 Å². The summed E-state index contributed by atoms with van der Waals surface area (Å²) in [5, 5.41) is 0. The number of rotatable bonds is 4. The third kappa shape index (κ3) is 4.31. The van der Waals surface area contributed by atoms with Crippen molar-refractivity contribution < 1.29 is 14.3 Å². The molecule has 0 aromatic heterocycles.